The van der Waals surface area contributed by atoms with Crippen molar-refractivity contribution in [3.8, 4) is 0 Å². The fourth-order valence-electron chi connectivity index (χ4n) is 2.19. The number of aryl methyl sites for hydroxylation is 1. The van der Waals surface area contributed by atoms with Crippen LogP contribution < -0.4 is 5.32 Å². The van der Waals surface area contributed by atoms with E-state index in [0.29, 0.717) is 5.92 Å². The van der Waals surface area contributed by atoms with Gasteiger partial charge in [0.2, 0.25) is 0 Å². The first-order chi connectivity index (χ1) is 6.68. The Hall–Kier alpha value is -0.340. The summed E-state index contributed by atoms with van der Waals surface area (Å²) in [5.41, 5.74) is 4.37. The lowest BCUT2D eigenvalue weighted by Gasteiger charge is -2.15. The zero-order valence-electron chi connectivity index (χ0n) is 8.73. The third kappa shape index (κ3) is 1.86. The maximum Gasteiger partial charge on any atom is 0.0180 e. The van der Waals surface area contributed by atoms with E-state index < -0.39 is 0 Å². The Bertz CT molecular complexity index is 340. The van der Waals surface area contributed by atoms with Gasteiger partial charge >= 0.3 is 0 Å². The molecule has 2 rings (SSSR count). The van der Waals surface area contributed by atoms with Crippen molar-refractivity contribution in [2.75, 3.05) is 13.1 Å². The van der Waals surface area contributed by atoms with E-state index >= 15 is 0 Å². The van der Waals surface area contributed by atoms with E-state index in [2.05, 4.69) is 47.2 Å². The lowest BCUT2D eigenvalue weighted by Crippen LogP contribution is -2.09. The summed E-state index contributed by atoms with van der Waals surface area (Å²) in [6.45, 7) is 6.72. The van der Waals surface area contributed by atoms with Gasteiger partial charge in [-0.1, -0.05) is 15.9 Å². The molecule has 1 aliphatic rings. The number of hydrogen-bond acceptors (Lipinski definition) is 1. The molecule has 0 saturated carbocycles. The van der Waals surface area contributed by atoms with E-state index in [1.165, 1.54) is 27.6 Å². The molecule has 1 atom stereocenters. The van der Waals surface area contributed by atoms with Gasteiger partial charge in [0, 0.05) is 11.0 Å². The molecule has 1 unspecified atom stereocenters. The van der Waals surface area contributed by atoms with E-state index in [1.54, 1.807) is 0 Å². The third-order valence-electron chi connectivity index (χ3n) is 3.17. The summed E-state index contributed by atoms with van der Waals surface area (Å²) in [6, 6.07) is 4.47. The van der Waals surface area contributed by atoms with Gasteiger partial charge < -0.3 is 5.32 Å². The van der Waals surface area contributed by atoms with Crippen molar-refractivity contribution in [1.29, 1.82) is 0 Å². The molecule has 2 heteroatoms. The van der Waals surface area contributed by atoms with Crippen molar-refractivity contribution in [3.63, 3.8) is 0 Å². The lowest BCUT2D eigenvalue weighted by molar-refractivity contribution is 0.755. The first kappa shape index (κ1) is 10.2. The van der Waals surface area contributed by atoms with Gasteiger partial charge in [0.15, 0.2) is 0 Å². The molecule has 1 aromatic rings. The second kappa shape index (κ2) is 4.03. The average Bonchev–Trinajstić information content (AvgIpc) is 2.63. The monoisotopic (exact) mass is 253 g/mol. The molecule has 0 aromatic heterocycles. The number of benzene rings is 1. The van der Waals surface area contributed by atoms with Crippen molar-refractivity contribution in [2.45, 2.75) is 26.2 Å². The van der Waals surface area contributed by atoms with Crippen molar-refractivity contribution < 1.29 is 0 Å². The Morgan fingerprint density at radius 3 is 2.79 bits per heavy atom. The van der Waals surface area contributed by atoms with Crippen LogP contribution in [0.5, 0.6) is 0 Å². The molecule has 0 spiro atoms. The zero-order chi connectivity index (χ0) is 10.1. The lowest BCUT2D eigenvalue weighted by atomic mass is 9.92. The molecule has 1 heterocycles. The molecule has 0 radical (unpaired) electrons. The molecule has 0 aliphatic carbocycles. The predicted octanol–water partition coefficient (Wildman–Crippen LogP) is 3.14. The zero-order valence-corrected chi connectivity index (χ0v) is 10.3. The van der Waals surface area contributed by atoms with Crippen LogP contribution in [0, 0.1) is 13.8 Å². The van der Waals surface area contributed by atoms with Gasteiger partial charge in [-0.3, -0.25) is 0 Å². The minimum absolute atomic E-state index is 0.714. The maximum atomic E-state index is 3.57. The van der Waals surface area contributed by atoms with E-state index in [0.717, 1.165) is 13.1 Å². The van der Waals surface area contributed by atoms with Crippen LogP contribution in [0.4, 0.5) is 0 Å². The Kier molecular flexibility index (Phi) is 2.93. The van der Waals surface area contributed by atoms with Crippen molar-refractivity contribution in [2.24, 2.45) is 0 Å². The van der Waals surface area contributed by atoms with Gasteiger partial charge in [-0.15, -0.1) is 0 Å². The summed E-state index contributed by atoms with van der Waals surface area (Å²) in [4.78, 5) is 0. The second-order valence-electron chi connectivity index (χ2n) is 4.13. The fraction of sp³-hybridized carbons (Fsp3) is 0.500. The highest BCUT2D eigenvalue weighted by molar-refractivity contribution is 9.10. The largest absolute Gasteiger partial charge is 0.316 e. The molecule has 1 aliphatic heterocycles. The fourth-order valence-corrected chi connectivity index (χ4v) is 2.78. The highest BCUT2D eigenvalue weighted by atomic mass is 79.9. The minimum Gasteiger partial charge on any atom is -0.316 e. The number of nitrogens with one attached hydrogen (secondary N) is 1. The first-order valence-electron chi connectivity index (χ1n) is 5.16. The van der Waals surface area contributed by atoms with Crippen LogP contribution in [0.25, 0.3) is 0 Å². The van der Waals surface area contributed by atoms with Crippen LogP contribution >= 0.6 is 15.9 Å². The summed E-state index contributed by atoms with van der Waals surface area (Å²) in [6.07, 6.45) is 1.27. The van der Waals surface area contributed by atoms with Crippen molar-refractivity contribution in [1.82, 2.24) is 5.32 Å². The Labute approximate surface area is 94.0 Å². The molecule has 76 valence electrons. The van der Waals surface area contributed by atoms with Crippen molar-refractivity contribution >= 4 is 15.9 Å². The minimum atomic E-state index is 0.714. The number of hydrogen-bond donors (Lipinski definition) is 1. The summed E-state index contributed by atoms with van der Waals surface area (Å²) in [5.74, 6) is 0.714. The average molecular weight is 254 g/mol. The molecule has 0 amide bonds. The van der Waals surface area contributed by atoms with Crippen LogP contribution in [-0.4, -0.2) is 13.1 Å². The van der Waals surface area contributed by atoms with E-state index in [4.69, 9.17) is 0 Å². The van der Waals surface area contributed by atoms with Gasteiger partial charge in [0.25, 0.3) is 0 Å². The maximum absolute atomic E-state index is 3.57. The molecule has 1 N–H and O–H groups in total. The van der Waals surface area contributed by atoms with Crippen LogP contribution in [0.3, 0.4) is 0 Å². The van der Waals surface area contributed by atoms with Crippen LogP contribution in [0.2, 0.25) is 0 Å². The van der Waals surface area contributed by atoms with Gasteiger partial charge in [-0.2, -0.15) is 0 Å². The van der Waals surface area contributed by atoms with Gasteiger partial charge in [-0.25, -0.2) is 0 Å². The Balaban J connectivity index is 2.40. The van der Waals surface area contributed by atoms with Crippen LogP contribution in [0.1, 0.15) is 29.0 Å². The number of halogens is 1. The van der Waals surface area contributed by atoms with E-state index in [9.17, 15) is 0 Å². The Morgan fingerprint density at radius 1 is 1.36 bits per heavy atom. The SMILES string of the molecule is Cc1cc(Br)cc(C2CCNC2)c1C. The summed E-state index contributed by atoms with van der Waals surface area (Å²) in [7, 11) is 0. The van der Waals surface area contributed by atoms with E-state index in [-0.39, 0.29) is 0 Å². The van der Waals surface area contributed by atoms with Crippen LogP contribution in [0.15, 0.2) is 16.6 Å². The quantitative estimate of drug-likeness (QED) is 0.811. The highest BCUT2D eigenvalue weighted by Gasteiger charge is 2.19. The predicted molar refractivity (Wildman–Crippen MR) is 63.8 cm³/mol. The number of rotatable bonds is 1. The Morgan fingerprint density at radius 2 is 2.14 bits per heavy atom. The molecule has 1 saturated heterocycles. The normalized spacial score (nSPS) is 21.5. The first-order valence-corrected chi connectivity index (χ1v) is 5.95. The molecule has 1 nitrogen and oxygen atoms in total. The summed E-state index contributed by atoms with van der Waals surface area (Å²) >= 11 is 3.57. The standard InChI is InChI=1S/C12H16BrN/c1-8-5-11(13)6-12(9(8)2)10-3-4-14-7-10/h5-6,10,14H,3-4,7H2,1-2H3. The summed E-state index contributed by atoms with van der Waals surface area (Å²) < 4.78 is 1.21. The highest BCUT2D eigenvalue weighted by Crippen LogP contribution is 2.29. The van der Waals surface area contributed by atoms with Gasteiger partial charge in [0.05, 0.1) is 0 Å². The van der Waals surface area contributed by atoms with Crippen molar-refractivity contribution in [3.05, 3.63) is 33.3 Å². The topological polar surface area (TPSA) is 12.0 Å². The van der Waals surface area contributed by atoms with Gasteiger partial charge in [0.1, 0.15) is 0 Å². The molecular formula is C12H16BrN. The molecular weight excluding hydrogens is 238 g/mol. The summed E-state index contributed by atoms with van der Waals surface area (Å²) in [5, 5.41) is 3.42. The third-order valence-corrected chi connectivity index (χ3v) is 3.63. The molecule has 1 fully saturated rings. The molecule has 0 bridgehead atoms. The second-order valence-corrected chi connectivity index (χ2v) is 5.04. The van der Waals surface area contributed by atoms with E-state index in [1.807, 2.05) is 0 Å². The van der Waals surface area contributed by atoms with Crippen LogP contribution in [-0.2, 0) is 0 Å². The van der Waals surface area contributed by atoms with Gasteiger partial charge in [-0.05, 0) is 61.6 Å². The molecule has 14 heavy (non-hydrogen) atoms. The smallest absolute Gasteiger partial charge is 0.0180 e. The molecule has 1 aromatic carbocycles.